The molecule has 1 heterocycles. The molecule has 2 N–H and O–H groups in total. The maximum Gasteiger partial charge on any atom is 0.126 e. The Morgan fingerprint density at radius 2 is 1.76 bits per heavy atom. The van der Waals surface area contributed by atoms with Crippen molar-refractivity contribution in [2.75, 3.05) is 5.73 Å². The summed E-state index contributed by atoms with van der Waals surface area (Å²) >= 11 is 0. The molecule has 2 rings (SSSR count). The highest BCUT2D eigenvalue weighted by atomic mass is 15.1. The molecule has 0 atom stereocenters. The molecule has 1 fully saturated rings. The van der Waals surface area contributed by atoms with Crippen LogP contribution in [0.1, 0.15) is 95.5 Å². The highest BCUT2D eigenvalue weighted by Crippen LogP contribution is 2.35. The molecule has 3 nitrogen and oxygen atoms in total. The highest BCUT2D eigenvalue weighted by Gasteiger charge is 2.24. The summed E-state index contributed by atoms with van der Waals surface area (Å²) in [5.74, 6) is 2.92. The number of aromatic nitrogens is 2. The number of aryl methyl sites for hydroxylation is 1. The van der Waals surface area contributed by atoms with Crippen molar-refractivity contribution < 1.29 is 0 Å². The van der Waals surface area contributed by atoms with Crippen LogP contribution in [0.3, 0.4) is 0 Å². The fraction of sp³-hybridized carbons (Fsp3) is 0.833. The number of hydrogen-bond acceptors (Lipinski definition) is 2. The second-order valence-corrected chi connectivity index (χ2v) is 6.60. The van der Waals surface area contributed by atoms with Gasteiger partial charge in [-0.25, -0.2) is 4.98 Å². The fourth-order valence-electron chi connectivity index (χ4n) is 3.49. The molecule has 0 aromatic carbocycles. The first-order chi connectivity index (χ1) is 10.3. The first-order valence-electron chi connectivity index (χ1n) is 9.12. The summed E-state index contributed by atoms with van der Waals surface area (Å²) in [6.45, 7) is 5.55. The van der Waals surface area contributed by atoms with E-state index in [0.29, 0.717) is 5.92 Å². The van der Waals surface area contributed by atoms with Crippen molar-refractivity contribution in [3.8, 4) is 0 Å². The van der Waals surface area contributed by atoms with Gasteiger partial charge in [0.2, 0.25) is 0 Å². The van der Waals surface area contributed by atoms with Gasteiger partial charge in [-0.1, -0.05) is 52.4 Å². The Bertz CT molecular complexity index is 416. The van der Waals surface area contributed by atoms with Gasteiger partial charge in [-0.2, -0.15) is 0 Å². The maximum atomic E-state index is 6.43. The van der Waals surface area contributed by atoms with Crippen LogP contribution in [0.25, 0.3) is 0 Å². The van der Waals surface area contributed by atoms with Crippen LogP contribution in [0.5, 0.6) is 0 Å². The molecule has 0 bridgehead atoms. The molecule has 1 aromatic heterocycles. The van der Waals surface area contributed by atoms with Crippen LogP contribution in [-0.4, -0.2) is 9.55 Å². The van der Waals surface area contributed by atoms with Crippen molar-refractivity contribution in [2.45, 2.75) is 96.9 Å². The monoisotopic (exact) mass is 291 g/mol. The minimum absolute atomic E-state index is 0.661. The topological polar surface area (TPSA) is 43.8 Å². The Balaban J connectivity index is 2.09. The molecule has 21 heavy (non-hydrogen) atoms. The lowest BCUT2D eigenvalue weighted by Gasteiger charge is -2.13. The molecule has 3 heteroatoms. The van der Waals surface area contributed by atoms with Crippen LogP contribution in [0.2, 0.25) is 0 Å². The van der Waals surface area contributed by atoms with Crippen molar-refractivity contribution in [3.05, 3.63) is 11.5 Å². The van der Waals surface area contributed by atoms with E-state index in [0.717, 1.165) is 18.8 Å². The van der Waals surface area contributed by atoms with E-state index in [4.69, 9.17) is 10.7 Å². The lowest BCUT2D eigenvalue weighted by atomic mass is 10.1. The van der Waals surface area contributed by atoms with E-state index in [1.807, 2.05) is 0 Å². The van der Waals surface area contributed by atoms with E-state index < -0.39 is 0 Å². The first kappa shape index (κ1) is 16.4. The van der Waals surface area contributed by atoms with Crippen molar-refractivity contribution in [2.24, 2.45) is 0 Å². The SMILES string of the molecule is CCCCCCc1nc(C2CCCC2)n(CCCC)c1N. The number of nitrogens with zero attached hydrogens (tertiary/aromatic N) is 2. The quantitative estimate of drug-likeness (QED) is 0.647. The summed E-state index contributed by atoms with van der Waals surface area (Å²) in [5.41, 5.74) is 7.60. The van der Waals surface area contributed by atoms with Crippen molar-refractivity contribution >= 4 is 5.82 Å². The molecule has 120 valence electrons. The van der Waals surface area contributed by atoms with Gasteiger partial charge < -0.3 is 10.3 Å². The third-order valence-electron chi connectivity index (χ3n) is 4.84. The second-order valence-electron chi connectivity index (χ2n) is 6.60. The molecule has 0 amide bonds. The van der Waals surface area contributed by atoms with E-state index in [1.165, 1.54) is 75.7 Å². The first-order valence-corrected chi connectivity index (χ1v) is 9.12. The predicted molar refractivity (Wildman–Crippen MR) is 90.6 cm³/mol. The molecule has 1 aliphatic rings. The Kier molecular flexibility index (Phi) is 6.59. The molecule has 0 saturated heterocycles. The lowest BCUT2D eigenvalue weighted by Crippen LogP contribution is -2.10. The van der Waals surface area contributed by atoms with Gasteiger partial charge in [-0.3, -0.25) is 0 Å². The van der Waals surface area contributed by atoms with Gasteiger partial charge in [0.25, 0.3) is 0 Å². The van der Waals surface area contributed by atoms with Crippen LogP contribution >= 0.6 is 0 Å². The average Bonchev–Trinajstić information content (AvgIpc) is 3.11. The molecular weight excluding hydrogens is 258 g/mol. The van der Waals surface area contributed by atoms with Gasteiger partial charge in [0.15, 0.2) is 0 Å². The van der Waals surface area contributed by atoms with Gasteiger partial charge in [0.1, 0.15) is 11.6 Å². The maximum absolute atomic E-state index is 6.43. The molecular formula is C18H33N3. The van der Waals surface area contributed by atoms with Gasteiger partial charge in [-0.05, 0) is 32.1 Å². The summed E-state index contributed by atoms with van der Waals surface area (Å²) in [6, 6.07) is 0. The molecule has 0 radical (unpaired) electrons. The third-order valence-corrected chi connectivity index (χ3v) is 4.84. The van der Waals surface area contributed by atoms with Crippen LogP contribution in [0.4, 0.5) is 5.82 Å². The fourth-order valence-corrected chi connectivity index (χ4v) is 3.49. The lowest BCUT2D eigenvalue weighted by molar-refractivity contribution is 0.561. The van der Waals surface area contributed by atoms with Crippen LogP contribution in [0.15, 0.2) is 0 Å². The van der Waals surface area contributed by atoms with E-state index in [2.05, 4.69) is 18.4 Å². The Hall–Kier alpha value is -0.990. The standard InChI is InChI=1S/C18H33N3/c1-3-5-7-8-13-16-17(19)21(14-6-4-2)18(20-16)15-11-9-10-12-15/h15H,3-14,19H2,1-2H3. The largest absolute Gasteiger partial charge is 0.384 e. The smallest absolute Gasteiger partial charge is 0.126 e. The number of nitrogen functional groups attached to an aromatic ring is 1. The number of unbranched alkanes of at least 4 members (excludes halogenated alkanes) is 4. The normalized spacial score (nSPS) is 15.9. The van der Waals surface area contributed by atoms with E-state index in [1.54, 1.807) is 0 Å². The number of rotatable bonds is 9. The predicted octanol–water partition coefficient (Wildman–Crippen LogP) is 5.05. The van der Waals surface area contributed by atoms with Crippen LogP contribution < -0.4 is 5.73 Å². The zero-order valence-electron chi connectivity index (χ0n) is 14.0. The summed E-state index contributed by atoms with van der Waals surface area (Å²) in [5, 5.41) is 0. The van der Waals surface area contributed by atoms with E-state index >= 15 is 0 Å². The van der Waals surface area contributed by atoms with E-state index in [9.17, 15) is 0 Å². The van der Waals surface area contributed by atoms with Gasteiger partial charge >= 0.3 is 0 Å². The number of hydrogen-bond donors (Lipinski definition) is 1. The summed E-state index contributed by atoms with van der Waals surface area (Å²) in [7, 11) is 0. The Morgan fingerprint density at radius 1 is 1.05 bits per heavy atom. The molecule has 1 aromatic rings. The van der Waals surface area contributed by atoms with E-state index in [-0.39, 0.29) is 0 Å². The zero-order valence-corrected chi connectivity index (χ0v) is 14.0. The molecule has 1 aliphatic carbocycles. The van der Waals surface area contributed by atoms with Gasteiger partial charge in [-0.15, -0.1) is 0 Å². The highest BCUT2D eigenvalue weighted by molar-refractivity contribution is 5.39. The summed E-state index contributed by atoms with van der Waals surface area (Å²) < 4.78 is 2.34. The minimum Gasteiger partial charge on any atom is -0.384 e. The third kappa shape index (κ3) is 4.24. The second kappa shape index (κ2) is 8.45. The summed E-state index contributed by atoms with van der Waals surface area (Å²) in [6.07, 6.45) is 13.9. The molecule has 1 saturated carbocycles. The summed E-state index contributed by atoms with van der Waals surface area (Å²) in [4.78, 5) is 4.98. The number of nitrogens with two attached hydrogens (primary N) is 1. The number of imidazole rings is 1. The Morgan fingerprint density at radius 3 is 2.43 bits per heavy atom. The molecule has 0 aliphatic heterocycles. The van der Waals surface area contributed by atoms with Crippen molar-refractivity contribution in [1.29, 1.82) is 0 Å². The Labute approximate surface area is 130 Å². The van der Waals surface area contributed by atoms with Gasteiger partial charge in [0, 0.05) is 12.5 Å². The van der Waals surface area contributed by atoms with Crippen molar-refractivity contribution in [1.82, 2.24) is 9.55 Å². The molecule has 0 unspecified atom stereocenters. The molecule has 0 spiro atoms. The average molecular weight is 291 g/mol. The van der Waals surface area contributed by atoms with Gasteiger partial charge in [0.05, 0.1) is 5.69 Å². The zero-order chi connectivity index (χ0) is 15.1. The van der Waals surface area contributed by atoms with Crippen molar-refractivity contribution in [3.63, 3.8) is 0 Å². The van der Waals surface area contributed by atoms with Crippen LogP contribution in [0, 0.1) is 0 Å². The number of anilines is 1. The van der Waals surface area contributed by atoms with Crippen LogP contribution in [-0.2, 0) is 13.0 Å². The minimum atomic E-state index is 0.661.